The summed E-state index contributed by atoms with van der Waals surface area (Å²) in [6.07, 6.45) is 0.614. The number of rotatable bonds is 6. The Kier molecular flexibility index (Phi) is 7.94. The molecule has 1 aromatic carbocycles. The van der Waals surface area contributed by atoms with E-state index < -0.39 is 15.6 Å². The second-order valence-corrected chi connectivity index (χ2v) is 9.55. The number of benzene rings is 1. The van der Waals surface area contributed by atoms with Crippen molar-refractivity contribution in [3.63, 3.8) is 0 Å². The van der Waals surface area contributed by atoms with E-state index in [-0.39, 0.29) is 28.9 Å². The molecular formula is C17H25ClN4O3S2. The van der Waals surface area contributed by atoms with Crippen LogP contribution in [0.4, 0.5) is 5.69 Å². The van der Waals surface area contributed by atoms with E-state index in [2.05, 4.69) is 15.0 Å². The normalized spacial score (nSPS) is 11.7. The number of aryl methyl sites for hydroxylation is 1. The third-order valence-electron chi connectivity index (χ3n) is 3.32. The Balaban J connectivity index is 0.00000364. The van der Waals surface area contributed by atoms with Crippen LogP contribution in [0.25, 0.3) is 0 Å². The van der Waals surface area contributed by atoms with Crippen LogP contribution in [-0.4, -0.2) is 31.4 Å². The highest BCUT2D eigenvalue weighted by Gasteiger charge is 2.24. The van der Waals surface area contributed by atoms with Crippen molar-refractivity contribution >= 4 is 45.4 Å². The molecule has 0 aliphatic rings. The number of thiazole rings is 1. The van der Waals surface area contributed by atoms with E-state index in [4.69, 9.17) is 5.73 Å². The minimum Gasteiger partial charge on any atom is -0.330 e. The molecule has 150 valence electrons. The molecule has 1 aromatic heterocycles. The van der Waals surface area contributed by atoms with E-state index in [1.807, 2.05) is 0 Å². The van der Waals surface area contributed by atoms with Crippen molar-refractivity contribution < 1.29 is 13.2 Å². The first-order chi connectivity index (χ1) is 12.0. The second kappa shape index (κ2) is 9.11. The maximum absolute atomic E-state index is 12.6. The van der Waals surface area contributed by atoms with Gasteiger partial charge in [0.15, 0.2) is 0 Å². The number of hydrogen-bond acceptors (Lipinski definition) is 6. The van der Waals surface area contributed by atoms with E-state index in [1.54, 1.807) is 45.2 Å². The molecule has 1 heterocycles. The molecule has 0 atom stereocenters. The summed E-state index contributed by atoms with van der Waals surface area (Å²) < 4.78 is 27.8. The fourth-order valence-electron chi connectivity index (χ4n) is 2.27. The zero-order valence-electron chi connectivity index (χ0n) is 15.7. The molecule has 0 saturated carbocycles. The van der Waals surface area contributed by atoms with Crippen molar-refractivity contribution in [2.75, 3.05) is 11.9 Å². The quantitative estimate of drug-likeness (QED) is 0.649. The van der Waals surface area contributed by atoms with Gasteiger partial charge in [-0.15, -0.1) is 23.7 Å². The molecule has 7 nitrogen and oxygen atoms in total. The van der Waals surface area contributed by atoms with Gasteiger partial charge in [0, 0.05) is 23.0 Å². The molecule has 0 spiro atoms. The maximum atomic E-state index is 12.6. The van der Waals surface area contributed by atoms with Crippen molar-refractivity contribution in [3.05, 3.63) is 39.8 Å². The number of nitrogens with zero attached hydrogens (tertiary/aromatic N) is 1. The number of carbonyl (C=O) groups is 1. The second-order valence-electron chi connectivity index (χ2n) is 6.96. The van der Waals surface area contributed by atoms with Crippen LogP contribution >= 0.6 is 23.7 Å². The molecule has 0 unspecified atom stereocenters. The van der Waals surface area contributed by atoms with E-state index in [9.17, 15) is 13.2 Å². The molecule has 2 aromatic rings. The molecular weight excluding hydrogens is 408 g/mol. The van der Waals surface area contributed by atoms with Gasteiger partial charge in [0.05, 0.1) is 9.90 Å². The molecule has 0 saturated heterocycles. The minimum atomic E-state index is -3.70. The molecule has 0 fully saturated rings. The Morgan fingerprint density at radius 3 is 2.56 bits per heavy atom. The van der Waals surface area contributed by atoms with Crippen LogP contribution in [0.3, 0.4) is 0 Å². The predicted molar refractivity (Wildman–Crippen MR) is 111 cm³/mol. The number of nitrogens with two attached hydrogens (primary N) is 1. The lowest BCUT2D eigenvalue weighted by atomic mass is 10.1. The van der Waals surface area contributed by atoms with Gasteiger partial charge in [-0.2, -0.15) is 0 Å². The van der Waals surface area contributed by atoms with Gasteiger partial charge in [-0.1, -0.05) is 6.07 Å². The summed E-state index contributed by atoms with van der Waals surface area (Å²) in [4.78, 5) is 16.7. The zero-order valence-corrected chi connectivity index (χ0v) is 18.1. The Hall–Kier alpha value is -1.52. The summed E-state index contributed by atoms with van der Waals surface area (Å²) in [5.41, 5.74) is 6.16. The number of amides is 1. The largest absolute Gasteiger partial charge is 0.330 e. The summed E-state index contributed by atoms with van der Waals surface area (Å²) in [6, 6.07) is 4.78. The average Bonchev–Trinajstić information content (AvgIpc) is 2.96. The van der Waals surface area contributed by atoms with Crippen LogP contribution in [-0.2, 0) is 16.4 Å². The molecule has 10 heteroatoms. The van der Waals surface area contributed by atoms with Crippen LogP contribution in [0.5, 0.6) is 0 Å². The number of carbonyl (C=O) groups excluding carboxylic acids is 1. The van der Waals surface area contributed by atoms with Gasteiger partial charge in [0.25, 0.3) is 5.91 Å². The molecule has 1 amide bonds. The summed E-state index contributed by atoms with van der Waals surface area (Å²) in [6.45, 7) is 7.49. The van der Waals surface area contributed by atoms with E-state index in [1.165, 1.54) is 17.4 Å². The van der Waals surface area contributed by atoms with Crippen LogP contribution in [0.15, 0.2) is 28.5 Å². The highest BCUT2D eigenvalue weighted by Crippen LogP contribution is 2.22. The molecule has 4 N–H and O–H groups in total. The van der Waals surface area contributed by atoms with Gasteiger partial charge in [-0.05, 0) is 51.9 Å². The van der Waals surface area contributed by atoms with Crippen LogP contribution in [0.1, 0.15) is 41.8 Å². The lowest BCUT2D eigenvalue weighted by Gasteiger charge is -2.21. The Morgan fingerprint density at radius 1 is 1.30 bits per heavy atom. The smallest absolute Gasteiger partial charge is 0.275 e. The minimum absolute atomic E-state index is 0. The van der Waals surface area contributed by atoms with Crippen molar-refractivity contribution in [2.24, 2.45) is 5.73 Å². The van der Waals surface area contributed by atoms with Gasteiger partial charge in [-0.3, -0.25) is 4.79 Å². The molecule has 27 heavy (non-hydrogen) atoms. The fraction of sp³-hybridized carbons (Fsp3) is 0.412. The first-order valence-corrected chi connectivity index (χ1v) is 10.5. The van der Waals surface area contributed by atoms with Crippen molar-refractivity contribution in [2.45, 2.75) is 44.6 Å². The molecule has 0 aliphatic carbocycles. The number of nitrogens with one attached hydrogen (secondary N) is 2. The molecule has 2 rings (SSSR count). The highest BCUT2D eigenvalue weighted by molar-refractivity contribution is 7.89. The van der Waals surface area contributed by atoms with Crippen LogP contribution in [0, 0.1) is 6.92 Å². The standard InChI is InChI=1S/C17H24N4O3S2.ClH/c1-11-5-6-12(9-14(11)26(23,24)21-17(2,3)4)19-16(22)13-10-25-15(20-13)7-8-18;/h5-6,9-10,21H,7-8,18H2,1-4H3,(H,19,22);1H. The molecule has 0 aliphatic heterocycles. The lowest BCUT2D eigenvalue weighted by Crippen LogP contribution is -2.40. The Morgan fingerprint density at radius 2 is 1.96 bits per heavy atom. The van der Waals surface area contributed by atoms with Crippen molar-refractivity contribution in [1.82, 2.24) is 9.71 Å². The third kappa shape index (κ3) is 6.54. The highest BCUT2D eigenvalue weighted by atomic mass is 35.5. The first kappa shape index (κ1) is 23.5. The summed E-state index contributed by atoms with van der Waals surface area (Å²) >= 11 is 1.37. The van der Waals surface area contributed by atoms with E-state index in [0.717, 1.165) is 5.01 Å². The van der Waals surface area contributed by atoms with Crippen molar-refractivity contribution in [3.8, 4) is 0 Å². The summed E-state index contributed by atoms with van der Waals surface area (Å²) in [5.74, 6) is -0.388. The summed E-state index contributed by atoms with van der Waals surface area (Å²) in [7, 11) is -3.70. The number of halogens is 1. The lowest BCUT2D eigenvalue weighted by molar-refractivity contribution is 0.102. The number of hydrogen-bond donors (Lipinski definition) is 3. The van der Waals surface area contributed by atoms with Gasteiger partial charge in [0.1, 0.15) is 5.69 Å². The van der Waals surface area contributed by atoms with Crippen LogP contribution in [0.2, 0.25) is 0 Å². The van der Waals surface area contributed by atoms with Gasteiger partial charge >= 0.3 is 0 Å². The number of anilines is 1. The van der Waals surface area contributed by atoms with Crippen molar-refractivity contribution in [1.29, 1.82) is 0 Å². The topological polar surface area (TPSA) is 114 Å². The van der Waals surface area contributed by atoms with Gasteiger partial charge in [-0.25, -0.2) is 18.1 Å². The fourth-order valence-corrected chi connectivity index (χ4v) is 4.76. The third-order valence-corrected chi connectivity index (χ3v) is 6.13. The first-order valence-electron chi connectivity index (χ1n) is 8.12. The molecule has 0 radical (unpaired) electrons. The average molecular weight is 433 g/mol. The molecule has 0 bridgehead atoms. The van der Waals surface area contributed by atoms with Crippen LogP contribution < -0.4 is 15.8 Å². The van der Waals surface area contributed by atoms with Gasteiger partial charge in [0.2, 0.25) is 10.0 Å². The predicted octanol–water partition coefficient (Wildman–Crippen LogP) is 2.70. The van der Waals surface area contributed by atoms with E-state index >= 15 is 0 Å². The number of aromatic nitrogens is 1. The Labute approximate surface area is 170 Å². The van der Waals surface area contributed by atoms with E-state index in [0.29, 0.717) is 24.2 Å². The monoisotopic (exact) mass is 432 g/mol. The maximum Gasteiger partial charge on any atom is 0.275 e. The SMILES string of the molecule is Cc1ccc(NC(=O)c2csc(CCN)n2)cc1S(=O)(=O)NC(C)(C)C.Cl. The summed E-state index contributed by atoms with van der Waals surface area (Å²) in [5, 5.41) is 5.15. The zero-order chi connectivity index (χ0) is 19.5. The van der Waals surface area contributed by atoms with Gasteiger partial charge < -0.3 is 11.1 Å². The number of sulfonamides is 1. The Bertz CT molecular complexity index is 905.